The minimum absolute atomic E-state index is 0.521. The van der Waals surface area contributed by atoms with Crippen molar-refractivity contribution in [3.05, 3.63) is 18.5 Å². The number of aromatic nitrogens is 2. The van der Waals surface area contributed by atoms with Crippen molar-refractivity contribution in [3.63, 3.8) is 0 Å². The van der Waals surface area contributed by atoms with Gasteiger partial charge in [0.2, 0.25) is 5.95 Å². The van der Waals surface area contributed by atoms with E-state index in [9.17, 15) is 0 Å². The highest BCUT2D eigenvalue weighted by atomic mass is 15.3. The summed E-state index contributed by atoms with van der Waals surface area (Å²) < 4.78 is 0. The molecule has 1 aliphatic heterocycles. The molecule has 0 bridgehead atoms. The second-order valence-corrected chi connectivity index (χ2v) is 4.77. The van der Waals surface area contributed by atoms with Gasteiger partial charge < -0.3 is 10.2 Å². The highest BCUT2D eigenvalue weighted by Gasteiger charge is 2.19. The smallest absolute Gasteiger partial charge is 0.222 e. The number of hydrogen-bond acceptors (Lipinski definition) is 5. The first-order valence-electron chi connectivity index (χ1n) is 6.77. The third-order valence-corrected chi connectivity index (χ3v) is 3.60. The molecule has 0 aliphatic carbocycles. The van der Waals surface area contributed by atoms with E-state index in [2.05, 4.69) is 38.9 Å². The largest absolute Gasteiger partial charge is 0.353 e. The third kappa shape index (κ3) is 3.65. The molecule has 0 radical (unpaired) electrons. The lowest BCUT2D eigenvalue weighted by molar-refractivity contribution is 0.110. The molecule has 1 aromatic rings. The number of nitrogens with zero attached hydrogens (tertiary/aromatic N) is 4. The zero-order chi connectivity index (χ0) is 12.8. The summed E-state index contributed by atoms with van der Waals surface area (Å²) in [6.07, 6.45) is 3.53. The molecule has 1 atom stereocenters. The topological polar surface area (TPSA) is 44.3 Å². The SMILES string of the molecule is CCN1CCN(C(C)CNc2ncccn2)CC1. The van der Waals surface area contributed by atoms with Crippen LogP contribution in [0.1, 0.15) is 13.8 Å². The van der Waals surface area contributed by atoms with Gasteiger partial charge in [0.1, 0.15) is 0 Å². The number of likely N-dealkylation sites (N-methyl/N-ethyl adjacent to an activating group) is 1. The van der Waals surface area contributed by atoms with Gasteiger partial charge in [0, 0.05) is 51.2 Å². The Hall–Kier alpha value is -1.20. The highest BCUT2D eigenvalue weighted by molar-refractivity contribution is 5.22. The van der Waals surface area contributed by atoms with Gasteiger partial charge in [-0.25, -0.2) is 9.97 Å². The minimum atomic E-state index is 0.521. The van der Waals surface area contributed by atoms with E-state index in [4.69, 9.17) is 0 Å². The summed E-state index contributed by atoms with van der Waals surface area (Å²) in [5.74, 6) is 0.719. The minimum Gasteiger partial charge on any atom is -0.353 e. The second kappa shape index (κ2) is 6.66. The molecule has 100 valence electrons. The fourth-order valence-electron chi connectivity index (χ4n) is 2.28. The van der Waals surface area contributed by atoms with Gasteiger partial charge in [0.05, 0.1) is 0 Å². The summed E-state index contributed by atoms with van der Waals surface area (Å²) in [7, 11) is 0. The predicted octanol–water partition coefficient (Wildman–Crippen LogP) is 0.914. The van der Waals surface area contributed by atoms with Crippen molar-refractivity contribution in [2.75, 3.05) is 44.6 Å². The van der Waals surface area contributed by atoms with Crippen LogP contribution in [-0.4, -0.2) is 65.1 Å². The number of anilines is 1. The van der Waals surface area contributed by atoms with E-state index >= 15 is 0 Å². The van der Waals surface area contributed by atoms with Crippen LogP contribution in [0.3, 0.4) is 0 Å². The van der Waals surface area contributed by atoms with E-state index in [1.165, 1.54) is 19.6 Å². The second-order valence-electron chi connectivity index (χ2n) is 4.77. The van der Waals surface area contributed by atoms with E-state index in [1.54, 1.807) is 12.4 Å². The summed E-state index contributed by atoms with van der Waals surface area (Å²) in [6.45, 7) is 11.2. The molecule has 1 unspecified atom stereocenters. The van der Waals surface area contributed by atoms with Gasteiger partial charge in [-0.3, -0.25) is 4.90 Å². The lowest BCUT2D eigenvalue weighted by atomic mass is 10.2. The Morgan fingerprint density at radius 2 is 1.89 bits per heavy atom. The van der Waals surface area contributed by atoms with Gasteiger partial charge in [-0.1, -0.05) is 6.92 Å². The van der Waals surface area contributed by atoms with Crippen LogP contribution < -0.4 is 5.32 Å². The van der Waals surface area contributed by atoms with Gasteiger partial charge >= 0.3 is 0 Å². The van der Waals surface area contributed by atoms with Crippen LogP contribution in [0, 0.1) is 0 Å². The molecule has 18 heavy (non-hydrogen) atoms. The highest BCUT2D eigenvalue weighted by Crippen LogP contribution is 2.06. The van der Waals surface area contributed by atoms with Crippen LogP contribution in [0.15, 0.2) is 18.5 Å². The molecule has 1 aliphatic rings. The van der Waals surface area contributed by atoms with E-state index in [0.29, 0.717) is 6.04 Å². The normalized spacial score (nSPS) is 19.7. The molecule has 1 saturated heterocycles. The molecule has 1 fully saturated rings. The average Bonchev–Trinajstić information content (AvgIpc) is 2.46. The molecule has 5 heteroatoms. The molecule has 5 nitrogen and oxygen atoms in total. The predicted molar refractivity (Wildman–Crippen MR) is 73.7 cm³/mol. The molecule has 2 heterocycles. The molecule has 0 aromatic carbocycles. The van der Waals surface area contributed by atoms with Crippen molar-refractivity contribution in [1.82, 2.24) is 19.8 Å². The molecular formula is C13H23N5. The first-order valence-corrected chi connectivity index (χ1v) is 6.77. The third-order valence-electron chi connectivity index (χ3n) is 3.60. The fourth-order valence-corrected chi connectivity index (χ4v) is 2.28. The maximum Gasteiger partial charge on any atom is 0.222 e. The number of piperazine rings is 1. The molecule has 0 amide bonds. The quantitative estimate of drug-likeness (QED) is 0.840. The monoisotopic (exact) mass is 249 g/mol. The Morgan fingerprint density at radius 1 is 1.22 bits per heavy atom. The maximum absolute atomic E-state index is 4.17. The van der Waals surface area contributed by atoms with Gasteiger partial charge in [-0.2, -0.15) is 0 Å². The van der Waals surface area contributed by atoms with Crippen LogP contribution in [0.25, 0.3) is 0 Å². The molecule has 1 aromatic heterocycles. The van der Waals surface area contributed by atoms with Gasteiger partial charge in [0.25, 0.3) is 0 Å². The van der Waals surface area contributed by atoms with Crippen molar-refractivity contribution in [2.24, 2.45) is 0 Å². The lowest BCUT2D eigenvalue weighted by Gasteiger charge is -2.37. The van der Waals surface area contributed by atoms with Crippen LogP contribution in [-0.2, 0) is 0 Å². The zero-order valence-electron chi connectivity index (χ0n) is 11.3. The summed E-state index contributed by atoms with van der Waals surface area (Å²) in [6, 6.07) is 2.35. The lowest BCUT2D eigenvalue weighted by Crippen LogP contribution is -2.51. The van der Waals surface area contributed by atoms with E-state index in [1.807, 2.05) is 6.07 Å². The molecule has 1 N–H and O–H groups in total. The van der Waals surface area contributed by atoms with Gasteiger partial charge in [-0.15, -0.1) is 0 Å². The van der Waals surface area contributed by atoms with Crippen molar-refractivity contribution in [1.29, 1.82) is 0 Å². The molecule has 0 spiro atoms. The molecule has 0 saturated carbocycles. The standard InChI is InChI=1S/C13H23N5/c1-3-17-7-9-18(10-8-17)12(2)11-16-13-14-5-4-6-15-13/h4-6,12H,3,7-11H2,1-2H3,(H,14,15,16). The maximum atomic E-state index is 4.17. The Labute approximate surface area is 109 Å². The average molecular weight is 249 g/mol. The molecular weight excluding hydrogens is 226 g/mol. The number of nitrogens with one attached hydrogen (secondary N) is 1. The van der Waals surface area contributed by atoms with Crippen LogP contribution in [0.4, 0.5) is 5.95 Å². The molecule has 2 rings (SSSR count). The van der Waals surface area contributed by atoms with Crippen molar-refractivity contribution in [3.8, 4) is 0 Å². The Kier molecular flexibility index (Phi) is 4.90. The van der Waals surface area contributed by atoms with Crippen molar-refractivity contribution >= 4 is 5.95 Å². The van der Waals surface area contributed by atoms with E-state index < -0.39 is 0 Å². The first kappa shape index (κ1) is 13.2. The number of hydrogen-bond donors (Lipinski definition) is 1. The van der Waals surface area contributed by atoms with E-state index in [0.717, 1.165) is 25.6 Å². The van der Waals surface area contributed by atoms with Gasteiger partial charge in [0.15, 0.2) is 0 Å². The Bertz CT molecular complexity index is 334. The summed E-state index contributed by atoms with van der Waals surface area (Å²) in [5.41, 5.74) is 0. The van der Waals surface area contributed by atoms with E-state index in [-0.39, 0.29) is 0 Å². The Morgan fingerprint density at radius 3 is 2.50 bits per heavy atom. The fraction of sp³-hybridized carbons (Fsp3) is 0.692. The summed E-state index contributed by atoms with van der Waals surface area (Å²) in [5, 5.41) is 3.29. The van der Waals surface area contributed by atoms with Crippen molar-refractivity contribution in [2.45, 2.75) is 19.9 Å². The summed E-state index contributed by atoms with van der Waals surface area (Å²) in [4.78, 5) is 13.4. The van der Waals surface area contributed by atoms with Crippen LogP contribution in [0.5, 0.6) is 0 Å². The number of rotatable bonds is 5. The Balaban J connectivity index is 1.73. The van der Waals surface area contributed by atoms with Crippen LogP contribution >= 0.6 is 0 Å². The van der Waals surface area contributed by atoms with Crippen LogP contribution in [0.2, 0.25) is 0 Å². The van der Waals surface area contributed by atoms with Gasteiger partial charge in [-0.05, 0) is 19.5 Å². The first-order chi connectivity index (χ1) is 8.79. The van der Waals surface area contributed by atoms with Crippen molar-refractivity contribution < 1.29 is 0 Å². The summed E-state index contributed by atoms with van der Waals surface area (Å²) >= 11 is 0. The zero-order valence-corrected chi connectivity index (χ0v) is 11.3.